The van der Waals surface area contributed by atoms with Gasteiger partial charge >= 0.3 is 0 Å². The van der Waals surface area contributed by atoms with E-state index in [1.165, 1.54) is 0 Å². The molecular formula is C18H19N3O. The lowest BCUT2D eigenvalue weighted by molar-refractivity contribution is -0.119. The van der Waals surface area contributed by atoms with Gasteiger partial charge in [0.2, 0.25) is 0 Å². The van der Waals surface area contributed by atoms with Gasteiger partial charge in [-0.25, -0.2) is 5.43 Å². The van der Waals surface area contributed by atoms with Gasteiger partial charge in [0.15, 0.2) is 0 Å². The maximum Gasteiger partial charge on any atom is 0.259 e. The van der Waals surface area contributed by atoms with E-state index in [9.17, 15) is 4.79 Å². The molecule has 0 spiro atoms. The number of para-hydroxylation sites is 1. The zero-order chi connectivity index (χ0) is 15.6. The zero-order valence-corrected chi connectivity index (χ0v) is 12.5. The first-order valence-electron chi connectivity index (χ1n) is 7.08. The van der Waals surface area contributed by atoms with Crippen molar-refractivity contribution in [3.05, 3.63) is 71.8 Å². The highest BCUT2D eigenvalue weighted by molar-refractivity contribution is 5.87. The Labute approximate surface area is 130 Å². The van der Waals surface area contributed by atoms with Gasteiger partial charge in [-0.1, -0.05) is 54.6 Å². The highest BCUT2D eigenvalue weighted by atomic mass is 16.2. The van der Waals surface area contributed by atoms with E-state index in [2.05, 4.69) is 15.8 Å². The van der Waals surface area contributed by atoms with Crippen molar-refractivity contribution >= 4 is 23.9 Å². The van der Waals surface area contributed by atoms with E-state index >= 15 is 0 Å². The first-order chi connectivity index (χ1) is 10.7. The van der Waals surface area contributed by atoms with Crippen LogP contribution in [0.1, 0.15) is 12.5 Å². The molecule has 0 aliphatic rings. The fourth-order valence-electron chi connectivity index (χ4n) is 1.83. The van der Waals surface area contributed by atoms with Crippen LogP contribution in [0, 0.1) is 0 Å². The second-order valence-electron chi connectivity index (χ2n) is 4.81. The summed E-state index contributed by atoms with van der Waals surface area (Å²) in [6, 6.07) is 19.5. The predicted octanol–water partition coefficient (Wildman–Crippen LogP) is 3.30. The fraction of sp³-hybridized carbons (Fsp3) is 0.111. The number of anilines is 1. The molecule has 0 fully saturated rings. The standard InChI is InChI=1S/C18H19N3O/c1-15(12-16-8-4-2-5-9-16)13-20-21-18(22)14-19-17-10-6-3-7-11-17/h2-13,19H,14H2,1H3,(H,21,22)/b15-12+,20-13+. The molecule has 0 atom stereocenters. The number of carbonyl (C=O) groups excluding carboxylic acids is 1. The molecular weight excluding hydrogens is 274 g/mol. The zero-order valence-electron chi connectivity index (χ0n) is 12.5. The molecule has 112 valence electrons. The normalized spacial score (nSPS) is 11.4. The van der Waals surface area contributed by atoms with Gasteiger partial charge in [-0.15, -0.1) is 0 Å². The van der Waals surface area contributed by atoms with Crippen LogP contribution in [0.4, 0.5) is 5.69 Å². The smallest absolute Gasteiger partial charge is 0.259 e. The summed E-state index contributed by atoms with van der Waals surface area (Å²) in [6.45, 7) is 2.12. The molecule has 0 aliphatic heterocycles. The SMILES string of the molecule is CC(/C=N/NC(=O)CNc1ccccc1)=C\c1ccccc1. The van der Waals surface area contributed by atoms with E-state index < -0.39 is 0 Å². The molecule has 0 aromatic heterocycles. The topological polar surface area (TPSA) is 53.5 Å². The lowest BCUT2D eigenvalue weighted by atomic mass is 10.1. The molecule has 0 saturated carbocycles. The third-order valence-electron chi connectivity index (χ3n) is 2.88. The summed E-state index contributed by atoms with van der Waals surface area (Å²) in [6.07, 6.45) is 3.63. The van der Waals surface area contributed by atoms with Crippen LogP contribution >= 0.6 is 0 Å². The molecule has 0 aliphatic carbocycles. The summed E-state index contributed by atoms with van der Waals surface area (Å²) in [5.41, 5.74) is 5.46. The number of carbonyl (C=O) groups is 1. The van der Waals surface area contributed by atoms with Crippen LogP contribution in [0.15, 0.2) is 71.3 Å². The van der Waals surface area contributed by atoms with Crippen molar-refractivity contribution in [2.75, 3.05) is 11.9 Å². The highest BCUT2D eigenvalue weighted by Crippen LogP contribution is 2.04. The van der Waals surface area contributed by atoms with Gasteiger partial charge in [0.1, 0.15) is 0 Å². The maximum atomic E-state index is 11.6. The van der Waals surface area contributed by atoms with Crippen LogP contribution in [0.5, 0.6) is 0 Å². The number of rotatable bonds is 6. The number of hydrogen-bond acceptors (Lipinski definition) is 3. The molecule has 2 rings (SSSR count). The van der Waals surface area contributed by atoms with Crippen LogP contribution in [-0.4, -0.2) is 18.7 Å². The molecule has 1 amide bonds. The summed E-state index contributed by atoms with van der Waals surface area (Å²) in [7, 11) is 0. The largest absolute Gasteiger partial charge is 0.376 e. The van der Waals surface area contributed by atoms with Gasteiger partial charge in [-0.05, 0) is 30.2 Å². The average molecular weight is 293 g/mol. The molecule has 22 heavy (non-hydrogen) atoms. The predicted molar refractivity (Wildman–Crippen MR) is 91.7 cm³/mol. The van der Waals surface area contributed by atoms with Gasteiger partial charge in [0.05, 0.1) is 12.8 Å². The minimum Gasteiger partial charge on any atom is -0.376 e. The number of nitrogens with zero attached hydrogens (tertiary/aromatic N) is 1. The summed E-state index contributed by atoms with van der Waals surface area (Å²) < 4.78 is 0. The van der Waals surface area contributed by atoms with Crippen molar-refractivity contribution in [3.8, 4) is 0 Å². The number of nitrogens with one attached hydrogen (secondary N) is 2. The molecule has 0 radical (unpaired) electrons. The number of allylic oxidation sites excluding steroid dienone is 1. The van der Waals surface area contributed by atoms with E-state index in [4.69, 9.17) is 0 Å². The van der Waals surface area contributed by atoms with Crippen molar-refractivity contribution in [2.24, 2.45) is 5.10 Å². The quantitative estimate of drug-likeness (QED) is 0.634. The van der Waals surface area contributed by atoms with Crippen molar-refractivity contribution in [1.82, 2.24) is 5.43 Å². The van der Waals surface area contributed by atoms with Gasteiger partial charge < -0.3 is 5.32 Å². The number of amides is 1. The number of hydrazone groups is 1. The highest BCUT2D eigenvalue weighted by Gasteiger charge is 1.98. The fourth-order valence-corrected chi connectivity index (χ4v) is 1.83. The van der Waals surface area contributed by atoms with Crippen molar-refractivity contribution in [3.63, 3.8) is 0 Å². The Morgan fingerprint density at radius 2 is 1.68 bits per heavy atom. The minimum atomic E-state index is -0.187. The van der Waals surface area contributed by atoms with Gasteiger partial charge in [0, 0.05) is 5.69 Å². The minimum absolute atomic E-state index is 0.183. The lowest BCUT2D eigenvalue weighted by Crippen LogP contribution is -2.25. The molecule has 0 saturated heterocycles. The van der Waals surface area contributed by atoms with Crippen LogP contribution in [0.3, 0.4) is 0 Å². The Bertz CT molecular complexity index is 649. The Balaban J connectivity index is 1.77. The molecule has 2 aromatic carbocycles. The Kier molecular flexibility index (Phi) is 5.93. The van der Waals surface area contributed by atoms with Crippen LogP contribution in [0.2, 0.25) is 0 Å². The molecule has 2 aromatic rings. The lowest BCUT2D eigenvalue weighted by Gasteiger charge is -2.04. The average Bonchev–Trinajstić information content (AvgIpc) is 2.55. The number of hydrogen-bond donors (Lipinski definition) is 2. The van der Waals surface area contributed by atoms with E-state index in [1.54, 1.807) is 6.21 Å². The van der Waals surface area contributed by atoms with Crippen LogP contribution in [0.25, 0.3) is 6.08 Å². The first-order valence-corrected chi connectivity index (χ1v) is 7.08. The van der Waals surface area contributed by atoms with Gasteiger partial charge in [-0.2, -0.15) is 5.10 Å². The monoisotopic (exact) mass is 293 g/mol. The molecule has 0 heterocycles. The van der Waals surface area contributed by atoms with E-state index in [1.807, 2.05) is 73.7 Å². The first kappa shape index (κ1) is 15.5. The molecule has 4 nitrogen and oxygen atoms in total. The second kappa shape index (κ2) is 8.42. The van der Waals surface area contributed by atoms with E-state index in [0.29, 0.717) is 0 Å². The Hall–Kier alpha value is -2.88. The van der Waals surface area contributed by atoms with Crippen molar-refractivity contribution in [1.29, 1.82) is 0 Å². The van der Waals surface area contributed by atoms with E-state index in [0.717, 1.165) is 16.8 Å². The maximum absolute atomic E-state index is 11.6. The van der Waals surface area contributed by atoms with Gasteiger partial charge in [-0.3, -0.25) is 4.79 Å². The number of benzene rings is 2. The molecule has 0 bridgehead atoms. The molecule has 0 unspecified atom stereocenters. The summed E-state index contributed by atoms with van der Waals surface area (Å²) in [5, 5.41) is 6.97. The van der Waals surface area contributed by atoms with Crippen molar-refractivity contribution < 1.29 is 4.79 Å². The Morgan fingerprint density at radius 3 is 2.36 bits per heavy atom. The Morgan fingerprint density at radius 1 is 1.05 bits per heavy atom. The van der Waals surface area contributed by atoms with Gasteiger partial charge in [0.25, 0.3) is 5.91 Å². The van der Waals surface area contributed by atoms with Crippen LogP contribution < -0.4 is 10.7 Å². The molecule has 4 heteroatoms. The molecule has 2 N–H and O–H groups in total. The third kappa shape index (κ3) is 5.63. The summed E-state index contributed by atoms with van der Waals surface area (Å²) in [5.74, 6) is -0.187. The summed E-state index contributed by atoms with van der Waals surface area (Å²) in [4.78, 5) is 11.6. The summed E-state index contributed by atoms with van der Waals surface area (Å²) >= 11 is 0. The van der Waals surface area contributed by atoms with E-state index in [-0.39, 0.29) is 12.5 Å². The van der Waals surface area contributed by atoms with Crippen LogP contribution in [-0.2, 0) is 4.79 Å². The third-order valence-corrected chi connectivity index (χ3v) is 2.88. The second-order valence-corrected chi connectivity index (χ2v) is 4.81. The van der Waals surface area contributed by atoms with Crippen molar-refractivity contribution in [2.45, 2.75) is 6.92 Å².